The Bertz CT molecular complexity index is 270. The van der Waals surface area contributed by atoms with Crippen molar-refractivity contribution < 1.29 is 23.1 Å². The second-order valence-electron chi connectivity index (χ2n) is 2.69. The van der Waals surface area contributed by atoms with E-state index in [1.807, 2.05) is 0 Å². The van der Waals surface area contributed by atoms with E-state index in [4.69, 9.17) is 4.74 Å². The van der Waals surface area contributed by atoms with Gasteiger partial charge in [0.05, 0.1) is 0 Å². The number of carbonyl (C=O) groups excluding carboxylic acids is 1. The molecule has 0 unspecified atom stereocenters. The molecule has 0 atom stereocenters. The summed E-state index contributed by atoms with van der Waals surface area (Å²) in [4.78, 5) is 10.9. The molecule has 15 heavy (non-hydrogen) atoms. The molecule has 1 N–H and O–H groups in total. The first-order valence-electron chi connectivity index (χ1n) is 4.24. The van der Waals surface area contributed by atoms with Gasteiger partial charge in [-0.15, -0.1) is 0 Å². The van der Waals surface area contributed by atoms with Crippen molar-refractivity contribution in [2.45, 2.75) is 6.92 Å². The Balaban J connectivity index is 3.76. The molecule has 0 aromatic heterocycles. The molecule has 0 bridgehead atoms. The number of nitrogens with one attached hydrogen (secondary N) is 1. The predicted octanol–water partition coefficient (Wildman–Crippen LogP) is 1.10. The summed E-state index contributed by atoms with van der Waals surface area (Å²) in [5.41, 5.74) is 0.316. The summed E-state index contributed by atoms with van der Waals surface area (Å²) in [5, 5.41) is 2.49. The van der Waals surface area contributed by atoms with Crippen molar-refractivity contribution in [3.63, 3.8) is 0 Å². The fraction of sp³-hybridized carbons (Fsp3) is 0.625. The summed E-state index contributed by atoms with van der Waals surface area (Å²) < 4.78 is 25.4. The van der Waals surface area contributed by atoms with E-state index in [9.17, 15) is 9.36 Å². The van der Waals surface area contributed by atoms with Crippen LogP contribution in [0.15, 0.2) is 12.2 Å². The second-order valence-corrected chi connectivity index (χ2v) is 4.73. The van der Waals surface area contributed by atoms with E-state index in [0.29, 0.717) is 5.57 Å². The molecule has 0 fully saturated rings. The molecular weight excluding hydrogens is 221 g/mol. The maximum absolute atomic E-state index is 11.4. The molecule has 0 aromatic carbocycles. The Morgan fingerprint density at radius 1 is 1.40 bits per heavy atom. The molecular formula is C8H16NO5P. The van der Waals surface area contributed by atoms with Gasteiger partial charge in [0.1, 0.15) is 6.61 Å². The molecule has 0 heterocycles. The van der Waals surface area contributed by atoms with Gasteiger partial charge in [-0.3, -0.25) is 0 Å². The molecule has 88 valence electrons. The van der Waals surface area contributed by atoms with Crippen LogP contribution in [0.25, 0.3) is 0 Å². The van der Waals surface area contributed by atoms with Crippen molar-refractivity contribution in [1.29, 1.82) is 0 Å². The third-order valence-corrected chi connectivity index (χ3v) is 3.04. The summed E-state index contributed by atoms with van der Waals surface area (Å²) >= 11 is 0. The van der Waals surface area contributed by atoms with E-state index >= 15 is 0 Å². The summed E-state index contributed by atoms with van der Waals surface area (Å²) in [5.74, 6) is -0.485. The Kier molecular flexibility index (Phi) is 6.43. The van der Waals surface area contributed by atoms with Gasteiger partial charge in [0.15, 0.2) is 0 Å². The average molecular weight is 237 g/mol. The molecule has 0 aliphatic carbocycles. The van der Waals surface area contributed by atoms with Gasteiger partial charge in [-0.2, -0.15) is 0 Å². The van der Waals surface area contributed by atoms with Crippen molar-refractivity contribution in [3.05, 3.63) is 12.2 Å². The molecule has 0 spiro atoms. The Labute approximate surface area is 89.2 Å². The predicted molar refractivity (Wildman–Crippen MR) is 55.4 cm³/mol. The number of rotatable bonds is 7. The highest BCUT2D eigenvalue weighted by Gasteiger charge is 2.19. The standard InChI is InChI=1S/C8H16NO5P/c1-7(2)8(10)14-6-5-9-15(11,12-3)13-4/h1,5-6H2,2-4H3,(H,9,11). The molecule has 6 nitrogen and oxygen atoms in total. The maximum atomic E-state index is 11.4. The normalized spacial score (nSPS) is 11.1. The zero-order valence-electron chi connectivity index (χ0n) is 9.11. The van der Waals surface area contributed by atoms with Crippen LogP contribution in [0.2, 0.25) is 0 Å². The van der Waals surface area contributed by atoms with Gasteiger partial charge in [0.2, 0.25) is 0 Å². The monoisotopic (exact) mass is 237 g/mol. The molecule has 0 rings (SSSR count). The van der Waals surface area contributed by atoms with Crippen LogP contribution in [-0.2, 0) is 23.1 Å². The van der Waals surface area contributed by atoms with E-state index in [2.05, 4.69) is 20.7 Å². The number of hydrogen-bond acceptors (Lipinski definition) is 5. The van der Waals surface area contributed by atoms with E-state index < -0.39 is 13.7 Å². The van der Waals surface area contributed by atoms with E-state index in [0.717, 1.165) is 0 Å². The largest absolute Gasteiger partial charge is 0.461 e. The highest BCUT2D eigenvalue weighted by Crippen LogP contribution is 2.40. The highest BCUT2D eigenvalue weighted by molar-refractivity contribution is 7.51. The molecule has 0 aromatic rings. The Hall–Kier alpha value is -0.680. The van der Waals surface area contributed by atoms with Crippen molar-refractivity contribution in [2.75, 3.05) is 27.4 Å². The number of ether oxygens (including phenoxy) is 1. The van der Waals surface area contributed by atoms with Gasteiger partial charge >= 0.3 is 13.7 Å². The minimum Gasteiger partial charge on any atom is -0.461 e. The summed E-state index contributed by atoms with van der Waals surface area (Å²) in [7, 11) is -0.706. The van der Waals surface area contributed by atoms with Crippen molar-refractivity contribution in [1.82, 2.24) is 5.09 Å². The minimum atomic E-state index is -3.23. The van der Waals surface area contributed by atoms with Crippen LogP contribution >= 0.6 is 7.75 Å². The first kappa shape index (κ1) is 14.3. The molecule has 7 heteroatoms. The van der Waals surface area contributed by atoms with Crippen molar-refractivity contribution in [2.24, 2.45) is 0 Å². The summed E-state index contributed by atoms with van der Waals surface area (Å²) in [6.45, 7) is 5.21. The van der Waals surface area contributed by atoms with Crippen LogP contribution < -0.4 is 5.09 Å². The maximum Gasteiger partial charge on any atom is 0.405 e. The van der Waals surface area contributed by atoms with E-state index in [-0.39, 0.29) is 13.2 Å². The van der Waals surface area contributed by atoms with Crippen molar-refractivity contribution >= 4 is 13.7 Å². The Morgan fingerprint density at radius 2 is 1.93 bits per heavy atom. The first-order chi connectivity index (χ1) is 6.95. The van der Waals surface area contributed by atoms with Gasteiger partial charge < -0.3 is 13.8 Å². The quantitative estimate of drug-likeness (QED) is 0.309. The third-order valence-electron chi connectivity index (χ3n) is 1.47. The molecule has 0 radical (unpaired) electrons. The van der Waals surface area contributed by atoms with Gasteiger partial charge in [-0.05, 0) is 6.92 Å². The van der Waals surface area contributed by atoms with E-state index in [1.165, 1.54) is 14.2 Å². The topological polar surface area (TPSA) is 73.9 Å². The SMILES string of the molecule is C=C(C)C(=O)OCCNP(=O)(OC)OC. The molecule has 0 aliphatic heterocycles. The fourth-order valence-corrected chi connectivity index (χ4v) is 1.43. The van der Waals surface area contributed by atoms with Crippen LogP contribution in [-0.4, -0.2) is 33.3 Å². The van der Waals surface area contributed by atoms with Crippen molar-refractivity contribution in [3.8, 4) is 0 Å². The molecule has 0 saturated heterocycles. The minimum absolute atomic E-state index is 0.0718. The smallest absolute Gasteiger partial charge is 0.405 e. The lowest BCUT2D eigenvalue weighted by atomic mass is 10.4. The third kappa shape index (κ3) is 5.69. The highest BCUT2D eigenvalue weighted by atomic mass is 31.2. The van der Waals surface area contributed by atoms with Crippen LogP contribution in [0.4, 0.5) is 0 Å². The lowest BCUT2D eigenvalue weighted by molar-refractivity contribution is -0.138. The van der Waals surface area contributed by atoms with Gasteiger partial charge in [0.25, 0.3) is 0 Å². The fourth-order valence-electron chi connectivity index (χ4n) is 0.653. The zero-order valence-corrected chi connectivity index (χ0v) is 10.0. The summed E-state index contributed by atoms with van der Waals surface area (Å²) in [6, 6.07) is 0. The lowest BCUT2D eigenvalue weighted by Crippen LogP contribution is -2.20. The van der Waals surface area contributed by atoms with Crippen LogP contribution in [0.5, 0.6) is 0 Å². The Morgan fingerprint density at radius 3 is 2.33 bits per heavy atom. The van der Waals surface area contributed by atoms with Crippen LogP contribution in [0, 0.1) is 0 Å². The van der Waals surface area contributed by atoms with Crippen LogP contribution in [0.3, 0.4) is 0 Å². The summed E-state index contributed by atoms with van der Waals surface area (Å²) in [6.07, 6.45) is 0. The lowest BCUT2D eigenvalue weighted by Gasteiger charge is -2.14. The average Bonchev–Trinajstić information content (AvgIpc) is 2.23. The van der Waals surface area contributed by atoms with Crippen LogP contribution in [0.1, 0.15) is 6.92 Å². The van der Waals surface area contributed by atoms with E-state index in [1.54, 1.807) is 6.92 Å². The van der Waals surface area contributed by atoms with Gasteiger partial charge in [-0.25, -0.2) is 14.4 Å². The second kappa shape index (κ2) is 6.74. The molecule has 0 amide bonds. The molecule has 0 saturated carbocycles. The van der Waals surface area contributed by atoms with Gasteiger partial charge in [-0.1, -0.05) is 6.58 Å². The van der Waals surface area contributed by atoms with Gasteiger partial charge in [0, 0.05) is 26.3 Å². The first-order valence-corrected chi connectivity index (χ1v) is 5.78. The number of esters is 1. The number of hydrogen-bond donors (Lipinski definition) is 1. The zero-order chi connectivity index (χ0) is 11.9. The molecule has 0 aliphatic rings. The number of carbonyl (C=O) groups is 1.